The van der Waals surface area contributed by atoms with Gasteiger partial charge >= 0.3 is 0 Å². The minimum atomic E-state index is 0.807. The highest BCUT2D eigenvalue weighted by Crippen LogP contribution is 2.33. The molecule has 0 heterocycles. The van der Waals surface area contributed by atoms with Gasteiger partial charge in [-0.1, -0.05) is 36.5 Å². The first-order chi connectivity index (χ1) is 9.81. The summed E-state index contributed by atoms with van der Waals surface area (Å²) in [6.45, 7) is 7.77. The SMILES string of the molecule is C=CCC1CC=CC(CCC2C=CCC(CC=C)C2)C1. The second-order valence-corrected chi connectivity index (χ2v) is 6.68. The van der Waals surface area contributed by atoms with E-state index in [4.69, 9.17) is 0 Å². The molecule has 0 nitrogen and oxygen atoms in total. The van der Waals surface area contributed by atoms with Crippen molar-refractivity contribution in [3.63, 3.8) is 0 Å². The van der Waals surface area contributed by atoms with Crippen molar-refractivity contribution < 1.29 is 0 Å². The molecule has 0 bridgehead atoms. The van der Waals surface area contributed by atoms with E-state index in [0.29, 0.717) is 0 Å². The van der Waals surface area contributed by atoms with Crippen molar-refractivity contribution in [3.05, 3.63) is 49.6 Å². The number of hydrogen-bond donors (Lipinski definition) is 0. The van der Waals surface area contributed by atoms with E-state index in [1.54, 1.807) is 0 Å². The molecule has 0 radical (unpaired) electrons. The van der Waals surface area contributed by atoms with E-state index in [0.717, 1.165) is 23.7 Å². The molecule has 0 N–H and O–H groups in total. The summed E-state index contributed by atoms with van der Waals surface area (Å²) in [4.78, 5) is 0. The van der Waals surface area contributed by atoms with Crippen LogP contribution in [0.1, 0.15) is 51.4 Å². The topological polar surface area (TPSA) is 0 Å². The fraction of sp³-hybridized carbons (Fsp3) is 0.600. The van der Waals surface area contributed by atoms with Crippen molar-refractivity contribution >= 4 is 0 Å². The summed E-state index contributed by atoms with van der Waals surface area (Å²) in [6, 6.07) is 0. The zero-order valence-electron chi connectivity index (χ0n) is 12.8. The van der Waals surface area contributed by atoms with Crippen LogP contribution in [0.3, 0.4) is 0 Å². The van der Waals surface area contributed by atoms with Crippen LogP contribution in [0.2, 0.25) is 0 Å². The van der Waals surface area contributed by atoms with Crippen molar-refractivity contribution in [2.45, 2.75) is 51.4 Å². The Hall–Kier alpha value is -1.04. The maximum Gasteiger partial charge on any atom is -0.0230 e. The van der Waals surface area contributed by atoms with Crippen molar-refractivity contribution in [1.29, 1.82) is 0 Å². The lowest BCUT2D eigenvalue weighted by Gasteiger charge is -2.27. The second kappa shape index (κ2) is 8.29. The number of allylic oxidation sites excluding steroid dienone is 6. The van der Waals surface area contributed by atoms with E-state index in [1.807, 2.05) is 0 Å². The zero-order chi connectivity index (χ0) is 14.2. The van der Waals surface area contributed by atoms with Crippen molar-refractivity contribution in [2.24, 2.45) is 23.7 Å². The Balaban J connectivity index is 1.74. The van der Waals surface area contributed by atoms with Gasteiger partial charge < -0.3 is 0 Å². The summed E-state index contributed by atoms with van der Waals surface area (Å²) in [6.07, 6.45) is 24.3. The van der Waals surface area contributed by atoms with Gasteiger partial charge in [-0.15, -0.1) is 13.2 Å². The van der Waals surface area contributed by atoms with Crippen LogP contribution in [0.5, 0.6) is 0 Å². The minimum absolute atomic E-state index is 0.807. The zero-order valence-corrected chi connectivity index (χ0v) is 12.8. The van der Waals surface area contributed by atoms with Crippen molar-refractivity contribution in [2.75, 3.05) is 0 Å². The summed E-state index contributed by atoms with van der Waals surface area (Å²) in [5, 5.41) is 0. The third-order valence-corrected chi connectivity index (χ3v) is 4.94. The minimum Gasteiger partial charge on any atom is -0.103 e. The van der Waals surface area contributed by atoms with Crippen LogP contribution >= 0.6 is 0 Å². The van der Waals surface area contributed by atoms with Gasteiger partial charge in [-0.2, -0.15) is 0 Å². The predicted octanol–water partition coefficient (Wildman–Crippen LogP) is 6.08. The molecule has 4 unspecified atom stereocenters. The molecule has 0 aliphatic heterocycles. The van der Waals surface area contributed by atoms with Crippen LogP contribution in [-0.4, -0.2) is 0 Å². The largest absolute Gasteiger partial charge is 0.103 e. The summed E-state index contributed by atoms with van der Waals surface area (Å²) >= 11 is 0. The van der Waals surface area contributed by atoms with Crippen LogP contribution in [0.15, 0.2) is 49.6 Å². The molecule has 0 fully saturated rings. The highest BCUT2D eigenvalue weighted by Gasteiger charge is 2.20. The van der Waals surface area contributed by atoms with Gasteiger partial charge in [0.2, 0.25) is 0 Å². The maximum atomic E-state index is 3.88. The van der Waals surface area contributed by atoms with Crippen LogP contribution in [0.4, 0.5) is 0 Å². The molecule has 0 aromatic heterocycles. The van der Waals surface area contributed by atoms with Gasteiger partial charge in [0.05, 0.1) is 0 Å². The average molecular weight is 270 g/mol. The molecule has 0 aromatic carbocycles. The van der Waals surface area contributed by atoms with Crippen LogP contribution in [0.25, 0.3) is 0 Å². The van der Waals surface area contributed by atoms with E-state index in [-0.39, 0.29) is 0 Å². The lowest BCUT2D eigenvalue weighted by Crippen LogP contribution is -2.15. The Morgan fingerprint density at radius 3 is 1.65 bits per heavy atom. The highest BCUT2D eigenvalue weighted by molar-refractivity contribution is 5.00. The maximum absolute atomic E-state index is 3.88. The normalized spacial score (nSPS) is 33.0. The first-order valence-electron chi connectivity index (χ1n) is 8.37. The quantitative estimate of drug-likeness (QED) is 0.491. The molecule has 2 aliphatic rings. The predicted molar refractivity (Wildman–Crippen MR) is 89.6 cm³/mol. The van der Waals surface area contributed by atoms with Gasteiger partial charge in [0, 0.05) is 0 Å². The fourth-order valence-electron chi connectivity index (χ4n) is 3.85. The summed E-state index contributed by atoms with van der Waals surface area (Å²) in [5.41, 5.74) is 0. The summed E-state index contributed by atoms with van der Waals surface area (Å²) in [5.74, 6) is 3.31. The van der Waals surface area contributed by atoms with Crippen LogP contribution in [-0.2, 0) is 0 Å². The standard InChI is InChI=1S/C20H30/c1-3-7-17-9-5-11-19(15-17)13-14-20-12-6-10-18(16-20)8-4-2/h3-6,11-12,17-20H,1-2,7-10,13-16H2. The van der Waals surface area contributed by atoms with Gasteiger partial charge in [0.25, 0.3) is 0 Å². The molecule has 0 saturated heterocycles. The molecule has 4 atom stereocenters. The molecule has 0 amide bonds. The molecule has 2 aliphatic carbocycles. The molecule has 0 aromatic rings. The lowest BCUT2D eigenvalue weighted by atomic mass is 9.78. The molecule has 0 saturated carbocycles. The smallest absolute Gasteiger partial charge is 0.0230 e. The Kier molecular flexibility index (Phi) is 6.36. The third kappa shape index (κ3) is 4.81. The van der Waals surface area contributed by atoms with E-state index in [9.17, 15) is 0 Å². The van der Waals surface area contributed by atoms with Gasteiger partial charge in [0.1, 0.15) is 0 Å². The molecular formula is C20H30. The Morgan fingerprint density at radius 2 is 1.25 bits per heavy atom. The van der Waals surface area contributed by atoms with Crippen LogP contribution < -0.4 is 0 Å². The molecule has 0 spiro atoms. The van der Waals surface area contributed by atoms with E-state index < -0.39 is 0 Å². The number of hydrogen-bond acceptors (Lipinski definition) is 0. The Labute approximate surface area is 125 Å². The van der Waals surface area contributed by atoms with E-state index in [1.165, 1.54) is 51.4 Å². The van der Waals surface area contributed by atoms with E-state index in [2.05, 4.69) is 49.6 Å². The van der Waals surface area contributed by atoms with Gasteiger partial charge in [-0.05, 0) is 75.0 Å². The molecule has 0 heteroatoms. The lowest BCUT2D eigenvalue weighted by molar-refractivity contribution is 0.333. The Bertz CT molecular complexity index is 324. The molecular weight excluding hydrogens is 240 g/mol. The van der Waals surface area contributed by atoms with Crippen LogP contribution in [0, 0.1) is 23.7 Å². The third-order valence-electron chi connectivity index (χ3n) is 4.94. The molecule has 110 valence electrons. The second-order valence-electron chi connectivity index (χ2n) is 6.68. The highest BCUT2D eigenvalue weighted by atomic mass is 14.3. The van der Waals surface area contributed by atoms with Crippen molar-refractivity contribution in [1.82, 2.24) is 0 Å². The van der Waals surface area contributed by atoms with Crippen molar-refractivity contribution in [3.8, 4) is 0 Å². The van der Waals surface area contributed by atoms with E-state index >= 15 is 0 Å². The van der Waals surface area contributed by atoms with Gasteiger partial charge in [-0.25, -0.2) is 0 Å². The summed E-state index contributed by atoms with van der Waals surface area (Å²) < 4.78 is 0. The molecule has 2 rings (SSSR count). The summed E-state index contributed by atoms with van der Waals surface area (Å²) in [7, 11) is 0. The first-order valence-corrected chi connectivity index (χ1v) is 8.37. The first kappa shape index (κ1) is 15.4. The average Bonchev–Trinajstić information content (AvgIpc) is 2.47. The van der Waals surface area contributed by atoms with Gasteiger partial charge in [0.15, 0.2) is 0 Å². The monoisotopic (exact) mass is 270 g/mol. The van der Waals surface area contributed by atoms with Gasteiger partial charge in [-0.3, -0.25) is 0 Å². The fourth-order valence-corrected chi connectivity index (χ4v) is 3.85. The molecule has 20 heavy (non-hydrogen) atoms. The number of rotatable bonds is 7. The Morgan fingerprint density at radius 1 is 0.800 bits per heavy atom.